The first-order valence-electron chi connectivity index (χ1n) is 5.01. The normalized spacial score (nSPS) is 19.1. The summed E-state index contributed by atoms with van der Waals surface area (Å²) < 4.78 is 70.9. The Morgan fingerprint density at radius 2 is 1.80 bits per heavy atom. The zero-order valence-electron chi connectivity index (χ0n) is 9.53. The summed E-state index contributed by atoms with van der Waals surface area (Å²) in [4.78, 5) is 0. The molecule has 0 aromatic heterocycles. The van der Waals surface area contributed by atoms with Gasteiger partial charge in [0.1, 0.15) is 0 Å². The smallest absolute Gasteiger partial charge is 0.395 e. The van der Waals surface area contributed by atoms with Crippen molar-refractivity contribution < 1.29 is 36.5 Å². The molecule has 1 aliphatic heterocycles. The van der Waals surface area contributed by atoms with Crippen molar-refractivity contribution in [3.63, 3.8) is 0 Å². The van der Waals surface area contributed by atoms with Gasteiger partial charge < -0.3 is 20.3 Å². The molecule has 0 saturated heterocycles. The Balaban J connectivity index is 0.00000200. The largest absolute Gasteiger partial charge is 0.586 e. The average molecular weight is 322 g/mol. The number of ether oxygens (including phenoxy) is 2. The number of hydrogen-bond donors (Lipinski definition) is 2. The SMILES string of the molecule is Cl.N[C@H](c1cccc2c1OC(F)(F)O2)[C@@H](O)C(F)(F)F. The standard InChI is InChI=1S/C10H8F5NO3.ClH/c11-9(12,13)8(17)6(16)4-2-1-3-5-7(4)19-10(14,15)18-5;/h1-3,6,8,17H,16H2;1H/t6-,8-;/m1./s1. The summed E-state index contributed by atoms with van der Waals surface area (Å²) in [6, 6.07) is 1.34. The fourth-order valence-corrected chi connectivity index (χ4v) is 1.63. The second-order valence-electron chi connectivity index (χ2n) is 3.85. The summed E-state index contributed by atoms with van der Waals surface area (Å²) in [6.07, 6.45) is -11.9. The second kappa shape index (κ2) is 5.23. The predicted octanol–water partition coefficient (Wildman–Crippen LogP) is 2.35. The van der Waals surface area contributed by atoms with E-state index in [0.717, 1.165) is 12.1 Å². The van der Waals surface area contributed by atoms with E-state index < -0.39 is 41.7 Å². The molecule has 1 aromatic rings. The minimum atomic E-state index is -4.98. The summed E-state index contributed by atoms with van der Waals surface area (Å²) in [5.74, 6) is -1.05. The molecule has 114 valence electrons. The van der Waals surface area contributed by atoms with Crippen LogP contribution in [-0.4, -0.2) is 23.7 Å². The molecule has 0 spiro atoms. The molecule has 1 aromatic carbocycles. The van der Waals surface area contributed by atoms with Gasteiger partial charge in [-0.25, -0.2) is 0 Å². The highest BCUT2D eigenvalue weighted by molar-refractivity contribution is 5.85. The molecule has 2 atom stereocenters. The number of rotatable bonds is 2. The predicted molar refractivity (Wildman–Crippen MR) is 58.9 cm³/mol. The highest BCUT2D eigenvalue weighted by atomic mass is 35.5. The lowest BCUT2D eigenvalue weighted by molar-refractivity contribution is -0.287. The fourth-order valence-electron chi connectivity index (χ4n) is 1.63. The maximum atomic E-state index is 12.8. The van der Waals surface area contributed by atoms with Crippen molar-refractivity contribution in [3.05, 3.63) is 23.8 Å². The molecule has 3 N–H and O–H groups in total. The molecular formula is C10H9ClF5NO3. The van der Waals surface area contributed by atoms with Gasteiger partial charge in [0, 0.05) is 5.56 Å². The van der Waals surface area contributed by atoms with E-state index in [1.165, 1.54) is 6.07 Å². The highest BCUT2D eigenvalue weighted by Gasteiger charge is 2.48. The number of benzene rings is 1. The van der Waals surface area contributed by atoms with Crippen LogP contribution in [0.15, 0.2) is 18.2 Å². The summed E-state index contributed by atoms with van der Waals surface area (Å²) in [7, 11) is 0. The quantitative estimate of drug-likeness (QED) is 0.821. The van der Waals surface area contributed by atoms with E-state index in [1.54, 1.807) is 0 Å². The molecular weight excluding hydrogens is 313 g/mol. The summed E-state index contributed by atoms with van der Waals surface area (Å²) in [5, 5.41) is 9.04. The van der Waals surface area contributed by atoms with Crippen LogP contribution in [0.1, 0.15) is 11.6 Å². The fraction of sp³-hybridized carbons (Fsp3) is 0.400. The number of aliphatic hydroxyl groups excluding tert-OH is 1. The van der Waals surface area contributed by atoms with Crippen LogP contribution in [-0.2, 0) is 0 Å². The van der Waals surface area contributed by atoms with Crippen LogP contribution in [0.25, 0.3) is 0 Å². The average Bonchev–Trinajstić information content (AvgIpc) is 2.59. The van der Waals surface area contributed by atoms with Crippen molar-refractivity contribution in [2.24, 2.45) is 5.73 Å². The van der Waals surface area contributed by atoms with E-state index in [-0.39, 0.29) is 12.4 Å². The van der Waals surface area contributed by atoms with Crippen molar-refractivity contribution in [2.75, 3.05) is 0 Å². The Morgan fingerprint density at radius 1 is 1.20 bits per heavy atom. The Labute approximate surface area is 115 Å². The molecule has 0 amide bonds. The van der Waals surface area contributed by atoms with E-state index in [2.05, 4.69) is 9.47 Å². The minimum Gasteiger partial charge on any atom is -0.395 e. The van der Waals surface area contributed by atoms with Crippen molar-refractivity contribution in [1.82, 2.24) is 0 Å². The number of halogens is 6. The van der Waals surface area contributed by atoms with Gasteiger partial charge in [-0.2, -0.15) is 13.2 Å². The van der Waals surface area contributed by atoms with Gasteiger partial charge in [0.2, 0.25) is 0 Å². The second-order valence-corrected chi connectivity index (χ2v) is 3.85. The number of nitrogens with two attached hydrogens (primary N) is 1. The molecule has 0 fully saturated rings. The Bertz CT molecular complexity index is 496. The zero-order valence-corrected chi connectivity index (χ0v) is 10.3. The molecule has 0 bridgehead atoms. The van der Waals surface area contributed by atoms with E-state index in [0.29, 0.717) is 0 Å². The topological polar surface area (TPSA) is 64.7 Å². The number of para-hydroxylation sites is 1. The van der Waals surface area contributed by atoms with Crippen LogP contribution in [0.4, 0.5) is 22.0 Å². The molecule has 0 aliphatic carbocycles. The summed E-state index contributed by atoms with van der Waals surface area (Å²) in [5.41, 5.74) is 4.82. The third kappa shape index (κ3) is 3.05. The zero-order chi connectivity index (χ0) is 14.4. The number of alkyl halides is 5. The highest BCUT2D eigenvalue weighted by Crippen LogP contribution is 2.46. The molecule has 10 heteroatoms. The summed E-state index contributed by atoms with van der Waals surface area (Å²) >= 11 is 0. The van der Waals surface area contributed by atoms with Gasteiger partial charge in [-0.05, 0) is 6.07 Å². The lowest BCUT2D eigenvalue weighted by atomic mass is 10.0. The van der Waals surface area contributed by atoms with Gasteiger partial charge in [0.15, 0.2) is 17.6 Å². The first-order chi connectivity index (χ1) is 8.62. The van der Waals surface area contributed by atoms with Crippen LogP contribution >= 0.6 is 12.4 Å². The monoisotopic (exact) mass is 321 g/mol. The molecule has 1 aliphatic rings. The Hall–Kier alpha value is -1.32. The lowest BCUT2D eigenvalue weighted by Crippen LogP contribution is -2.39. The van der Waals surface area contributed by atoms with Crippen molar-refractivity contribution >= 4 is 12.4 Å². The van der Waals surface area contributed by atoms with Gasteiger partial charge in [-0.3, -0.25) is 0 Å². The number of aliphatic hydroxyl groups is 1. The van der Waals surface area contributed by atoms with Crippen molar-refractivity contribution in [1.29, 1.82) is 0 Å². The van der Waals surface area contributed by atoms with Gasteiger partial charge >= 0.3 is 12.5 Å². The van der Waals surface area contributed by atoms with Gasteiger partial charge in [0.25, 0.3) is 0 Å². The minimum absolute atomic E-state index is 0. The van der Waals surface area contributed by atoms with Crippen LogP contribution in [0, 0.1) is 0 Å². The Kier molecular flexibility index (Phi) is 4.37. The lowest BCUT2D eigenvalue weighted by Gasteiger charge is -2.22. The third-order valence-corrected chi connectivity index (χ3v) is 2.49. The van der Waals surface area contributed by atoms with Crippen LogP contribution in [0.3, 0.4) is 0 Å². The van der Waals surface area contributed by atoms with E-state index >= 15 is 0 Å². The molecule has 0 unspecified atom stereocenters. The molecule has 20 heavy (non-hydrogen) atoms. The first kappa shape index (κ1) is 16.7. The molecule has 1 heterocycles. The van der Waals surface area contributed by atoms with Crippen LogP contribution < -0.4 is 15.2 Å². The van der Waals surface area contributed by atoms with E-state index in [4.69, 9.17) is 10.8 Å². The van der Waals surface area contributed by atoms with Crippen LogP contribution in [0.2, 0.25) is 0 Å². The molecule has 0 saturated carbocycles. The van der Waals surface area contributed by atoms with Gasteiger partial charge in [-0.1, -0.05) is 12.1 Å². The van der Waals surface area contributed by atoms with E-state index in [1.807, 2.05) is 0 Å². The maximum absolute atomic E-state index is 12.8. The van der Waals surface area contributed by atoms with Crippen molar-refractivity contribution in [2.45, 2.75) is 24.6 Å². The molecule has 2 rings (SSSR count). The first-order valence-corrected chi connectivity index (χ1v) is 5.01. The number of fused-ring (bicyclic) bond motifs is 1. The third-order valence-electron chi connectivity index (χ3n) is 2.49. The maximum Gasteiger partial charge on any atom is 0.586 e. The van der Waals surface area contributed by atoms with Gasteiger partial charge in [0.05, 0.1) is 6.04 Å². The number of hydrogen-bond acceptors (Lipinski definition) is 4. The molecule has 0 radical (unpaired) electrons. The van der Waals surface area contributed by atoms with Crippen molar-refractivity contribution in [3.8, 4) is 11.5 Å². The van der Waals surface area contributed by atoms with E-state index in [9.17, 15) is 22.0 Å². The van der Waals surface area contributed by atoms with Gasteiger partial charge in [-0.15, -0.1) is 21.2 Å². The molecule has 4 nitrogen and oxygen atoms in total. The summed E-state index contributed by atoms with van der Waals surface area (Å²) in [6.45, 7) is 0. The Morgan fingerprint density at radius 3 is 2.35 bits per heavy atom. The van der Waals surface area contributed by atoms with Crippen LogP contribution in [0.5, 0.6) is 11.5 Å².